The molecule has 6 nitrogen and oxygen atoms in total. The van der Waals surface area contributed by atoms with Crippen LogP contribution in [0.15, 0.2) is 22.7 Å². The molecule has 7 heteroatoms. The van der Waals surface area contributed by atoms with Crippen LogP contribution in [0.25, 0.3) is 11.3 Å². The summed E-state index contributed by atoms with van der Waals surface area (Å²) in [4.78, 5) is 14.9. The molecule has 1 N–H and O–H groups in total. The Kier molecular flexibility index (Phi) is 6.21. The Bertz CT molecular complexity index is 828. The van der Waals surface area contributed by atoms with E-state index in [4.69, 9.17) is 9.26 Å². The van der Waals surface area contributed by atoms with E-state index in [1.807, 2.05) is 0 Å². The number of carbonyl (C=O) groups excluding carboxylic acids is 1. The number of nitrogens with one attached hydrogen (secondary N) is 1. The number of hydrogen-bond donors (Lipinski definition) is 1. The second-order valence-corrected chi connectivity index (χ2v) is 7.61. The molecule has 2 aromatic rings. The number of amides is 1. The van der Waals surface area contributed by atoms with Gasteiger partial charge in [-0.2, -0.15) is 0 Å². The number of nitrogens with zero attached hydrogens (tertiary/aromatic N) is 2. The number of benzene rings is 1. The Hall–Kier alpha value is -2.57. The fourth-order valence-corrected chi connectivity index (χ4v) is 3.82. The van der Waals surface area contributed by atoms with E-state index in [1.54, 1.807) is 25.1 Å². The van der Waals surface area contributed by atoms with Crippen molar-refractivity contribution in [3.63, 3.8) is 0 Å². The number of hydrogen-bond acceptors (Lipinski definition) is 5. The minimum absolute atomic E-state index is 0.0633. The molecule has 1 aliphatic rings. The van der Waals surface area contributed by atoms with Crippen molar-refractivity contribution < 1.29 is 18.4 Å². The first-order valence-corrected chi connectivity index (χ1v) is 9.74. The molecule has 0 bridgehead atoms. The third kappa shape index (κ3) is 4.13. The van der Waals surface area contributed by atoms with Crippen LogP contribution in [-0.4, -0.2) is 38.3 Å². The normalized spacial score (nSPS) is 15.9. The maximum Gasteiger partial charge on any atom is 0.259 e. The van der Waals surface area contributed by atoms with Crippen LogP contribution in [-0.2, 0) is 0 Å². The Morgan fingerprint density at radius 3 is 2.68 bits per heavy atom. The third-order valence-electron chi connectivity index (χ3n) is 5.45. The van der Waals surface area contributed by atoms with E-state index in [0.29, 0.717) is 28.6 Å². The topological polar surface area (TPSA) is 67.6 Å². The number of methoxy groups -OCH3 is 1. The summed E-state index contributed by atoms with van der Waals surface area (Å²) in [5.74, 6) is 0.593. The molecule has 1 saturated carbocycles. The van der Waals surface area contributed by atoms with Crippen molar-refractivity contribution in [2.75, 3.05) is 26.1 Å². The van der Waals surface area contributed by atoms with Crippen molar-refractivity contribution in [3.05, 3.63) is 29.6 Å². The predicted octanol–water partition coefficient (Wildman–Crippen LogP) is 4.25. The van der Waals surface area contributed by atoms with Crippen molar-refractivity contribution in [1.82, 2.24) is 10.5 Å². The lowest BCUT2D eigenvalue weighted by Crippen LogP contribution is -2.39. The van der Waals surface area contributed by atoms with Gasteiger partial charge in [-0.15, -0.1) is 0 Å². The molecule has 0 radical (unpaired) electrons. The van der Waals surface area contributed by atoms with Gasteiger partial charge in [-0.25, -0.2) is 4.39 Å². The molecule has 0 aliphatic heterocycles. The van der Waals surface area contributed by atoms with Gasteiger partial charge in [-0.3, -0.25) is 4.79 Å². The lowest BCUT2D eigenvalue weighted by molar-refractivity contribution is 0.0920. The van der Waals surface area contributed by atoms with E-state index in [1.165, 1.54) is 38.5 Å². The van der Waals surface area contributed by atoms with Gasteiger partial charge >= 0.3 is 0 Å². The van der Waals surface area contributed by atoms with Gasteiger partial charge in [-0.1, -0.05) is 24.4 Å². The molecule has 1 amide bonds. The summed E-state index contributed by atoms with van der Waals surface area (Å²) in [7, 11) is 5.00. The van der Waals surface area contributed by atoms with Crippen LogP contribution in [0, 0.1) is 11.7 Å². The average molecular weight is 389 g/mol. The van der Waals surface area contributed by atoms with Crippen LogP contribution < -0.4 is 15.0 Å². The highest BCUT2D eigenvalue weighted by Crippen LogP contribution is 2.34. The molecule has 1 fully saturated rings. The molecule has 0 unspecified atom stereocenters. The number of ether oxygens (including phenoxy) is 1. The quantitative estimate of drug-likeness (QED) is 0.800. The summed E-state index contributed by atoms with van der Waals surface area (Å²) in [5.41, 5.74) is 0.885. The van der Waals surface area contributed by atoms with Gasteiger partial charge in [0.05, 0.1) is 7.11 Å². The Morgan fingerprint density at radius 1 is 1.32 bits per heavy atom. The van der Waals surface area contributed by atoms with Crippen molar-refractivity contribution in [3.8, 4) is 17.1 Å². The molecule has 152 valence electrons. The Balaban J connectivity index is 1.92. The number of rotatable bonds is 6. The molecular weight excluding hydrogens is 361 g/mol. The van der Waals surface area contributed by atoms with Gasteiger partial charge in [0.1, 0.15) is 5.56 Å². The van der Waals surface area contributed by atoms with E-state index in [9.17, 15) is 9.18 Å². The third-order valence-corrected chi connectivity index (χ3v) is 5.45. The maximum atomic E-state index is 13.8. The highest BCUT2D eigenvalue weighted by molar-refractivity contribution is 6.04. The molecule has 1 aliphatic carbocycles. The van der Waals surface area contributed by atoms with E-state index in [-0.39, 0.29) is 17.7 Å². The smallest absolute Gasteiger partial charge is 0.259 e. The molecule has 1 aromatic heterocycles. The van der Waals surface area contributed by atoms with Crippen LogP contribution in [0.2, 0.25) is 0 Å². The van der Waals surface area contributed by atoms with Crippen LogP contribution >= 0.6 is 0 Å². The SMILES string of the molecule is COc1cc(-c2onc(N(C)C)c2C(=O)N[C@@H](C)C2CCCCC2)ccc1F. The lowest BCUT2D eigenvalue weighted by atomic mass is 9.84. The van der Waals surface area contributed by atoms with Crippen molar-refractivity contribution >= 4 is 11.7 Å². The highest BCUT2D eigenvalue weighted by atomic mass is 19.1. The standard InChI is InChI=1S/C21H28FN3O3/c1-13(14-8-6-5-7-9-14)23-21(26)18-19(28-24-20(18)25(2)3)15-10-11-16(22)17(12-15)27-4/h10-14H,5-9H2,1-4H3,(H,23,26)/t13-/m0/s1. The van der Waals surface area contributed by atoms with Gasteiger partial charge in [0.15, 0.2) is 23.1 Å². The molecule has 1 atom stereocenters. The van der Waals surface area contributed by atoms with Crippen molar-refractivity contribution in [2.45, 2.75) is 45.1 Å². The molecule has 0 spiro atoms. The number of carbonyl (C=O) groups is 1. The van der Waals surface area contributed by atoms with E-state index in [0.717, 1.165) is 12.8 Å². The largest absolute Gasteiger partial charge is 0.494 e. The van der Waals surface area contributed by atoms with E-state index >= 15 is 0 Å². The van der Waals surface area contributed by atoms with Gasteiger partial charge in [-0.05, 0) is 43.9 Å². The second kappa shape index (κ2) is 8.63. The summed E-state index contributed by atoms with van der Waals surface area (Å²) < 4.78 is 24.4. The monoisotopic (exact) mass is 389 g/mol. The van der Waals surface area contributed by atoms with E-state index < -0.39 is 5.82 Å². The first-order valence-electron chi connectivity index (χ1n) is 9.74. The van der Waals surface area contributed by atoms with Gasteiger partial charge in [0.2, 0.25) is 0 Å². The maximum absolute atomic E-state index is 13.8. The Labute approximate surface area is 165 Å². The number of halogens is 1. The fraction of sp³-hybridized carbons (Fsp3) is 0.524. The summed E-state index contributed by atoms with van der Waals surface area (Å²) in [6.45, 7) is 2.05. The zero-order valence-corrected chi connectivity index (χ0v) is 16.9. The molecule has 3 rings (SSSR count). The van der Waals surface area contributed by atoms with Crippen LogP contribution in [0.4, 0.5) is 10.2 Å². The first kappa shape index (κ1) is 20.2. The van der Waals surface area contributed by atoms with Crippen LogP contribution in [0.1, 0.15) is 49.4 Å². The fourth-order valence-electron chi connectivity index (χ4n) is 3.82. The molecule has 1 heterocycles. The van der Waals surface area contributed by atoms with Gasteiger partial charge in [0.25, 0.3) is 5.91 Å². The zero-order valence-electron chi connectivity index (χ0n) is 16.9. The predicted molar refractivity (Wildman–Crippen MR) is 106 cm³/mol. The average Bonchev–Trinajstić information content (AvgIpc) is 3.14. The summed E-state index contributed by atoms with van der Waals surface area (Å²) in [6, 6.07) is 4.42. The van der Waals surface area contributed by atoms with Crippen molar-refractivity contribution in [1.29, 1.82) is 0 Å². The summed E-state index contributed by atoms with van der Waals surface area (Å²) in [6.07, 6.45) is 5.95. The number of anilines is 1. The summed E-state index contributed by atoms with van der Waals surface area (Å²) in [5, 5.41) is 7.19. The Morgan fingerprint density at radius 2 is 2.04 bits per heavy atom. The zero-order chi connectivity index (χ0) is 20.3. The molecular formula is C21H28FN3O3. The highest BCUT2D eigenvalue weighted by Gasteiger charge is 2.29. The van der Waals surface area contributed by atoms with E-state index in [2.05, 4.69) is 17.4 Å². The molecule has 28 heavy (non-hydrogen) atoms. The van der Waals surface area contributed by atoms with Gasteiger partial charge in [0, 0.05) is 25.7 Å². The summed E-state index contributed by atoms with van der Waals surface area (Å²) >= 11 is 0. The molecule has 0 saturated heterocycles. The van der Waals surface area contributed by atoms with Crippen LogP contribution in [0.3, 0.4) is 0 Å². The molecule has 1 aromatic carbocycles. The van der Waals surface area contributed by atoms with Gasteiger partial charge < -0.3 is 19.5 Å². The second-order valence-electron chi connectivity index (χ2n) is 7.61. The minimum Gasteiger partial charge on any atom is -0.494 e. The first-order chi connectivity index (χ1) is 13.4. The minimum atomic E-state index is -0.476. The lowest BCUT2D eigenvalue weighted by Gasteiger charge is -2.28. The number of aromatic nitrogens is 1. The van der Waals surface area contributed by atoms with Crippen molar-refractivity contribution in [2.24, 2.45) is 5.92 Å². The van der Waals surface area contributed by atoms with Crippen LogP contribution in [0.5, 0.6) is 5.75 Å².